The van der Waals surface area contributed by atoms with Gasteiger partial charge in [-0.05, 0) is 36.0 Å². The molecule has 0 saturated carbocycles. The van der Waals surface area contributed by atoms with Crippen LogP contribution in [0, 0.1) is 0 Å². The molecule has 0 fully saturated rings. The van der Waals surface area contributed by atoms with Gasteiger partial charge in [0.1, 0.15) is 5.58 Å². The van der Waals surface area contributed by atoms with E-state index in [4.69, 9.17) is 4.42 Å². The topological polar surface area (TPSA) is 50.4 Å². The number of carboxylic acid groups (broad SMARTS) is 1. The third kappa shape index (κ3) is 2.45. The number of hydrogen-bond donors (Lipinski definition) is 1. The molecule has 108 valence electrons. The predicted molar refractivity (Wildman–Crippen MR) is 80.5 cm³/mol. The van der Waals surface area contributed by atoms with Crippen LogP contribution in [0.3, 0.4) is 0 Å². The SMILES string of the molecule is CCCc1c(C(=O)O)oc2ccc(C(C)(C)CC)cc12. The van der Waals surface area contributed by atoms with Gasteiger partial charge in [-0.2, -0.15) is 0 Å². The Bertz CT molecular complexity index is 635. The zero-order chi connectivity index (χ0) is 14.9. The van der Waals surface area contributed by atoms with Gasteiger partial charge >= 0.3 is 5.97 Å². The van der Waals surface area contributed by atoms with E-state index in [0.29, 0.717) is 5.58 Å². The van der Waals surface area contributed by atoms with Crippen LogP contribution in [0.5, 0.6) is 0 Å². The first kappa shape index (κ1) is 14.6. The van der Waals surface area contributed by atoms with Crippen LogP contribution in [0.2, 0.25) is 0 Å². The third-order valence-electron chi connectivity index (χ3n) is 4.15. The number of aromatic carboxylic acids is 1. The van der Waals surface area contributed by atoms with Crippen LogP contribution in [0.4, 0.5) is 0 Å². The summed E-state index contributed by atoms with van der Waals surface area (Å²) in [7, 11) is 0. The Morgan fingerprint density at radius 1 is 1.30 bits per heavy atom. The largest absolute Gasteiger partial charge is 0.475 e. The maximum Gasteiger partial charge on any atom is 0.372 e. The van der Waals surface area contributed by atoms with Crippen molar-refractivity contribution >= 4 is 16.9 Å². The number of carboxylic acids is 1. The van der Waals surface area contributed by atoms with Crippen LogP contribution in [0.15, 0.2) is 22.6 Å². The Hall–Kier alpha value is -1.77. The normalized spacial score (nSPS) is 12.0. The highest BCUT2D eigenvalue weighted by Gasteiger charge is 2.23. The van der Waals surface area contributed by atoms with Crippen molar-refractivity contribution in [1.29, 1.82) is 0 Å². The lowest BCUT2D eigenvalue weighted by Crippen LogP contribution is -2.15. The van der Waals surface area contributed by atoms with Gasteiger partial charge in [0.25, 0.3) is 0 Å². The zero-order valence-electron chi connectivity index (χ0n) is 12.6. The standard InChI is InChI=1S/C17H22O3/c1-5-7-12-13-10-11(17(3,4)6-2)8-9-14(13)20-15(12)16(18)19/h8-10H,5-7H2,1-4H3,(H,18,19). The number of hydrogen-bond acceptors (Lipinski definition) is 2. The molecule has 2 rings (SSSR count). The molecule has 0 atom stereocenters. The maximum atomic E-state index is 11.3. The molecule has 0 unspecified atom stereocenters. The molecule has 0 spiro atoms. The second kappa shape index (κ2) is 5.31. The molecule has 1 aromatic carbocycles. The van der Waals surface area contributed by atoms with Gasteiger partial charge in [0.15, 0.2) is 0 Å². The van der Waals surface area contributed by atoms with E-state index in [1.165, 1.54) is 5.56 Å². The van der Waals surface area contributed by atoms with Gasteiger partial charge in [-0.1, -0.05) is 40.2 Å². The molecular formula is C17H22O3. The van der Waals surface area contributed by atoms with Gasteiger partial charge in [0.2, 0.25) is 5.76 Å². The molecular weight excluding hydrogens is 252 g/mol. The van der Waals surface area contributed by atoms with Crippen LogP contribution in [0.25, 0.3) is 11.0 Å². The van der Waals surface area contributed by atoms with Crippen molar-refractivity contribution in [2.45, 2.75) is 52.4 Å². The Labute approximate surface area is 119 Å². The number of benzene rings is 1. The number of furan rings is 1. The summed E-state index contributed by atoms with van der Waals surface area (Å²) in [6.45, 7) is 8.61. The Balaban J connectivity index is 2.66. The summed E-state index contributed by atoms with van der Waals surface area (Å²) in [6, 6.07) is 6.03. The van der Waals surface area contributed by atoms with Gasteiger partial charge in [-0.3, -0.25) is 0 Å². The third-order valence-corrected chi connectivity index (χ3v) is 4.15. The molecule has 1 aromatic heterocycles. The van der Waals surface area contributed by atoms with E-state index < -0.39 is 5.97 Å². The minimum absolute atomic E-state index is 0.0817. The monoisotopic (exact) mass is 274 g/mol. The fourth-order valence-corrected chi connectivity index (χ4v) is 2.44. The van der Waals surface area contributed by atoms with E-state index in [-0.39, 0.29) is 11.2 Å². The maximum absolute atomic E-state index is 11.3. The lowest BCUT2D eigenvalue weighted by Gasteiger charge is -2.23. The number of carbonyl (C=O) groups is 1. The summed E-state index contributed by atoms with van der Waals surface area (Å²) in [6.07, 6.45) is 2.66. The molecule has 0 saturated heterocycles. The first-order valence-electron chi connectivity index (χ1n) is 7.20. The average molecular weight is 274 g/mol. The molecule has 0 aliphatic carbocycles. The van der Waals surface area contributed by atoms with Crippen molar-refractivity contribution in [2.75, 3.05) is 0 Å². The molecule has 0 aliphatic heterocycles. The molecule has 0 aliphatic rings. The molecule has 0 bridgehead atoms. The minimum atomic E-state index is -0.985. The quantitative estimate of drug-likeness (QED) is 0.854. The van der Waals surface area contributed by atoms with Crippen molar-refractivity contribution in [3.63, 3.8) is 0 Å². The van der Waals surface area contributed by atoms with Crippen LogP contribution in [-0.2, 0) is 11.8 Å². The van der Waals surface area contributed by atoms with Gasteiger partial charge in [-0.15, -0.1) is 0 Å². The van der Waals surface area contributed by atoms with E-state index in [0.717, 1.165) is 30.2 Å². The van der Waals surface area contributed by atoms with Gasteiger partial charge in [-0.25, -0.2) is 4.79 Å². The molecule has 1 heterocycles. The zero-order valence-corrected chi connectivity index (χ0v) is 12.6. The fourth-order valence-electron chi connectivity index (χ4n) is 2.44. The summed E-state index contributed by atoms with van der Waals surface area (Å²) < 4.78 is 5.51. The lowest BCUT2D eigenvalue weighted by atomic mass is 9.81. The van der Waals surface area contributed by atoms with Crippen LogP contribution in [-0.4, -0.2) is 11.1 Å². The van der Waals surface area contributed by atoms with Gasteiger partial charge < -0.3 is 9.52 Å². The highest BCUT2D eigenvalue weighted by molar-refractivity contribution is 5.95. The second-order valence-electron chi connectivity index (χ2n) is 5.91. The first-order valence-corrected chi connectivity index (χ1v) is 7.20. The van der Waals surface area contributed by atoms with E-state index >= 15 is 0 Å². The highest BCUT2D eigenvalue weighted by Crippen LogP contribution is 2.33. The van der Waals surface area contributed by atoms with Crippen LogP contribution in [0.1, 0.15) is 62.2 Å². The predicted octanol–water partition coefficient (Wildman–Crippen LogP) is 4.77. The van der Waals surface area contributed by atoms with Gasteiger partial charge in [0, 0.05) is 10.9 Å². The lowest BCUT2D eigenvalue weighted by molar-refractivity contribution is 0.0663. The summed E-state index contributed by atoms with van der Waals surface area (Å²) in [5, 5.41) is 10.2. The first-order chi connectivity index (χ1) is 9.40. The number of rotatable bonds is 5. The Kier molecular flexibility index (Phi) is 3.89. The van der Waals surface area contributed by atoms with E-state index in [2.05, 4.69) is 26.8 Å². The average Bonchev–Trinajstić information content (AvgIpc) is 2.78. The molecule has 1 N–H and O–H groups in total. The van der Waals surface area contributed by atoms with E-state index in [1.807, 2.05) is 19.1 Å². The molecule has 3 heteroatoms. The summed E-state index contributed by atoms with van der Waals surface area (Å²) >= 11 is 0. The summed E-state index contributed by atoms with van der Waals surface area (Å²) in [5.41, 5.74) is 2.80. The Morgan fingerprint density at radius 2 is 2.00 bits per heavy atom. The van der Waals surface area contributed by atoms with Crippen molar-refractivity contribution in [1.82, 2.24) is 0 Å². The van der Waals surface area contributed by atoms with E-state index in [1.54, 1.807) is 0 Å². The fraction of sp³-hybridized carbons (Fsp3) is 0.471. The van der Waals surface area contributed by atoms with Crippen LogP contribution >= 0.6 is 0 Å². The molecule has 20 heavy (non-hydrogen) atoms. The summed E-state index contributed by atoms with van der Waals surface area (Å²) in [4.78, 5) is 11.3. The summed E-state index contributed by atoms with van der Waals surface area (Å²) in [5.74, 6) is -0.894. The number of aryl methyl sites for hydroxylation is 1. The van der Waals surface area contributed by atoms with Crippen molar-refractivity contribution < 1.29 is 14.3 Å². The van der Waals surface area contributed by atoms with Crippen molar-refractivity contribution in [2.24, 2.45) is 0 Å². The van der Waals surface area contributed by atoms with E-state index in [9.17, 15) is 9.90 Å². The molecule has 2 aromatic rings. The highest BCUT2D eigenvalue weighted by atomic mass is 16.4. The smallest absolute Gasteiger partial charge is 0.372 e. The minimum Gasteiger partial charge on any atom is -0.475 e. The second-order valence-corrected chi connectivity index (χ2v) is 5.91. The van der Waals surface area contributed by atoms with Crippen molar-refractivity contribution in [3.8, 4) is 0 Å². The molecule has 0 radical (unpaired) electrons. The molecule has 3 nitrogen and oxygen atoms in total. The van der Waals surface area contributed by atoms with Gasteiger partial charge in [0.05, 0.1) is 0 Å². The molecule has 0 amide bonds. The van der Waals surface area contributed by atoms with Crippen molar-refractivity contribution in [3.05, 3.63) is 35.1 Å². The Morgan fingerprint density at radius 3 is 2.55 bits per heavy atom. The van der Waals surface area contributed by atoms with Crippen LogP contribution < -0.4 is 0 Å². The number of fused-ring (bicyclic) bond motifs is 1.